The fraction of sp³-hybridized carbons (Fsp3) is 0.333. The molecule has 0 heterocycles. The molecule has 104 valence electrons. The minimum Gasteiger partial charge on any atom is -0.306 e. The van der Waals surface area contributed by atoms with E-state index < -0.39 is 0 Å². The van der Waals surface area contributed by atoms with E-state index in [0.29, 0.717) is 6.04 Å². The van der Waals surface area contributed by atoms with E-state index in [1.807, 2.05) is 0 Å². The molecule has 0 radical (unpaired) electrons. The summed E-state index contributed by atoms with van der Waals surface area (Å²) < 4.78 is 1.18. The third kappa shape index (κ3) is 3.31. The first-order valence-corrected chi connectivity index (χ1v) is 8.06. The molecule has 1 atom stereocenters. The van der Waals surface area contributed by atoms with Crippen molar-refractivity contribution >= 4 is 15.9 Å². The number of benzene rings is 2. The van der Waals surface area contributed by atoms with Gasteiger partial charge >= 0.3 is 0 Å². The molecule has 1 aliphatic rings. The Morgan fingerprint density at radius 2 is 1.90 bits per heavy atom. The van der Waals surface area contributed by atoms with Crippen LogP contribution in [0.2, 0.25) is 0 Å². The largest absolute Gasteiger partial charge is 0.306 e. The lowest BCUT2D eigenvalue weighted by Crippen LogP contribution is -2.22. The first-order valence-electron chi connectivity index (χ1n) is 7.27. The number of rotatable bonds is 5. The van der Waals surface area contributed by atoms with E-state index in [0.717, 1.165) is 12.5 Å². The minimum atomic E-state index is 0.500. The number of hydrogen-bond donors (Lipinski definition) is 1. The highest BCUT2D eigenvalue weighted by Gasteiger charge is 2.31. The van der Waals surface area contributed by atoms with Gasteiger partial charge < -0.3 is 5.32 Å². The van der Waals surface area contributed by atoms with Crippen LogP contribution in [0.4, 0.5) is 0 Å². The molecule has 0 aliphatic heterocycles. The van der Waals surface area contributed by atoms with Gasteiger partial charge in [0.25, 0.3) is 0 Å². The molecule has 0 aromatic heterocycles. The average molecular weight is 330 g/mol. The molecule has 0 spiro atoms. The molecule has 2 heteroatoms. The Balaban J connectivity index is 1.70. The van der Waals surface area contributed by atoms with Crippen LogP contribution in [0.25, 0.3) is 0 Å². The number of aryl methyl sites for hydroxylation is 1. The molecule has 1 saturated carbocycles. The Morgan fingerprint density at radius 3 is 2.55 bits per heavy atom. The molecule has 2 aromatic carbocycles. The van der Waals surface area contributed by atoms with Gasteiger partial charge in [0, 0.05) is 17.1 Å². The van der Waals surface area contributed by atoms with Crippen molar-refractivity contribution in [3.8, 4) is 0 Å². The number of halogens is 1. The molecule has 1 aliphatic carbocycles. The number of hydrogen-bond acceptors (Lipinski definition) is 1. The van der Waals surface area contributed by atoms with E-state index in [1.165, 1.54) is 34.0 Å². The van der Waals surface area contributed by atoms with Gasteiger partial charge in [0.15, 0.2) is 0 Å². The van der Waals surface area contributed by atoms with Crippen molar-refractivity contribution < 1.29 is 0 Å². The Hall–Kier alpha value is -1.12. The lowest BCUT2D eigenvalue weighted by atomic mass is 10.0. The maximum absolute atomic E-state index is 3.75. The Kier molecular flexibility index (Phi) is 4.23. The molecule has 20 heavy (non-hydrogen) atoms. The van der Waals surface area contributed by atoms with Gasteiger partial charge in [0.1, 0.15) is 0 Å². The SMILES string of the molecule is Cc1cc(CNC(c2ccccc2)C2CC2)ccc1Br. The molecule has 0 saturated heterocycles. The summed E-state index contributed by atoms with van der Waals surface area (Å²) in [5.41, 5.74) is 4.07. The highest BCUT2D eigenvalue weighted by Crippen LogP contribution is 2.41. The van der Waals surface area contributed by atoms with Crippen molar-refractivity contribution in [1.29, 1.82) is 0 Å². The summed E-state index contributed by atoms with van der Waals surface area (Å²) in [5.74, 6) is 0.814. The fourth-order valence-electron chi connectivity index (χ4n) is 2.69. The molecule has 1 unspecified atom stereocenters. The van der Waals surface area contributed by atoms with Gasteiger partial charge in [-0.1, -0.05) is 58.4 Å². The van der Waals surface area contributed by atoms with E-state index in [2.05, 4.69) is 76.7 Å². The molecular weight excluding hydrogens is 310 g/mol. The first kappa shape index (κ1) is 13.8. The smallest absolute Gasteiger partial charge is 0.0351 e. The Labute approximate surface area is 129 Å². The number of nitrogens with one attached hydrogen (secondary N) is 1. The van der Waals surface area contributed by atoms with Crippen LogP contribution in [0.1, 0.15) is 35.6 Å². The topological polar surface area (TPSA) is 12.0 Å². The second-order valence-corrected chi connectivity index (χ2v) is 6.54. The van der Waals surface area contributed by atoms with Crippen molar-refractivity contribution in [2.75, 3.05) is 0 Å². The van der Waals surface area contributed by atoms with Crippen LogP contribution in [-0.2, 0) is 6.54 Å². The van der Waals surface area contributed by atoms with Gasteiger partial charge in [-0.3, -0.25) is 0 Å². The maximum atomic E-state index is 3.75. The quantitative estimate of drug-likeness (QED) is 0.814. The van der Waals surface area contributed by atoms with Gasteiger partial charge in [-0.2, -0.15) is 0 Å². The van der Waals surface area contributed by atoms with E-state index in [4.69, 9.17) is 0 Å². The van der Waals surface area contributed by atoms with Crippen molar-refractivity contribution in [3.63, 3.8) is 0 Å². The predicted molar refractivity (Wildman–Crippen MR) is 87.6 cm³/mol. The van der Waals surface area contributed by atoms with Gasteiger partial charge in [0.05, 0.1) is 0 Å². The van der Waals surface area contributed by atoms with Crippen LogP contribution in [0, 0.1) is 12.8 Å². The van der Waals surface area contributed by atoms with Crippen LogP contribution in [0.15, 0.2) is 53.0 Å². The third-order valence-corrected chi connectivity index (χ3v) is 4.89. The predicted octanol–water partition coefficient (Wildman–Crippen LogP) is 5.00. The van der Waals surface area contributed by atoms with Crippen molar-refractivity contribution in [2.24, 2.45) is 5.92 Å². The Morgan fingerprint density at radius 1 is 1.15 bits per heavy atom. The van der Waals surface area contributed by atoms with Crippen LogP contribution in [-0.4, -0.2) is 0 Å². The second-order valence-electron chi connectivity index (χ2n) is 5.69. The maximum Gasteiger partial charge on any atom is 0.0351 e. The molecule has 2 aromatic rings. The first-order chi connectivity index (χ1) is 9.74. The highest BCUT2D eigenvalue weighted by atomic mass is 79.9. The zero-order valence-electron chi connectivity index (χ0n) is 11.8. The molecule has 1 nitrogen and oxygen atoms in total. The summed E-state index contributed by atoms with van der Waals surface area (Å²) in [6, 6.07) is 17.9. The van der Waals surface area contributed by atoms with Gasteiger partial charge in [-0.25, -0.2) is 0 Å². The molecule has 0 amide bonds. The Bertz CT molecular complexity index is 575. The lowest BCUT2D eigenvalue weighted by Gasteiger charge is -2.19. The highest BCUT2D eigenvalue weighted by molar-refractivity contribution is 9.10. The van der Waals surface area contributed by atoms with Gasteiger partial charge in [0.2, 0.25) is 0 Å². The monoisotopic (exact) mass is 329 g/mol. The van der Waals surface area contributed by atoms with Crippen molar-refractivity contribution in [2.45, 2.75) is 32.4 Å². The van der Waals surface area contributed by atoms with Crippen LogP contribution < -0.4 is 5.32 Å². The summed E-state index contributed by atoms with van der Waals surface area (Å²) in [5, 5.41) is 3.75. The summed E-state index contributed by atoms with van der Waals surface area (Å²) in [7, 11) is 0. The van der Waals surface area contributed by atoms with Gasteiger partial charge in [-0.05, 0) is 48.4 Å². The molecule has 1 fully saturated rings. The van der Waals surface area contributed by atoms with Crippen molar-refractivity contribution in [3.05, 3.63) is 69.7 Å². The minimum absolute atomic E-state index is 0.500. The third-order valence-electron chi connectivity index (χ3n) is 4.00. The van der Waals surface area contributed by atoms with Gasteiger partial charge in [-0.15, -0.1) is 0 Å². The molecular formula is C18H20BrN. The van der Waals surface area contributed by atoms with Crippen molar-refractivity contribution in [1.82, 2.24) is 5.32 Å². The summed E-state index contributed by atoms with van der Waals surface area (Å²) >= 11 is 3.56. The summed E-state index contributed by atoms with van der Waals surface area (Å²) in [6.45, 7) is 3.08. The lowest BCUT2D eigenvalue weighted by molar-refractivity contribution is 0.480. The van der Waals surface area contributed by atoms with Crippen LogP contribution in [0.5, 0.6) is 0 Å². The van der Waals surface area contributed by atoms with E-state index in [-0.39, 0.29) is 0 Å². The molecule has 3 rings (SSSR count). The normalized spacial score (nSPS) is 16.1. The van der Waals surface area contributed by atoms with Crippen LogP contribution in [0.3, 0.4) is 0 Å². The van der Waals surface area contributed by atoms with Crippen LogP contribution >= 0.6 is 15.9 Å². The summed E-state index contributed by atoms with van der Waals surface area (Å²) in [4.78, 5) is 0. The zero-order valence-corrected chi connectivity index (χ0v) is 13.4. The summed E-state index contributed by atoms with van der Waals surface area (Å²) in [6.07, 6.45) is 2.71. The van der Waals surface area contributed by atoms with E-state index in [9.17, 15) is 0 Å². The fourth-order valence-corrected chi connectivity index (χ4v) is 2.94. The standard InChI is InChI=1S/C18H20BrN/c1-13-11-14(7-10-17(13)19)12-20-18(16-8-9-16)15-5-3-2-4-6-15/h2-7,10-11,16,18,20H,8-9,12H2,1H3. The molecule has 1 N–H and O–H groups in total. The van der Waals surface area contributed by atoms with E-state index >= 15 is 0 Å². The molecule has 0 bridgehead atoms. The average Bonchev–Trinajstić information content (AvgIpc) is 3.29. The van der Waals surface area contributed by atoms with E-state index in [1.54, 1.807) is 0 Å². The second kappa shape index (κ2) is 6.11. The zero-order chi connectivity index (χ0) is 13.9.